The number of rotatable bonds is 4. The third kappa shape index (κ3) is 3.31. The molecule has 0 spiro atoms. The zero-order valence-electron chi connectivity index (χ0n) is 15.1. The van der Waals surface area contributed by atoms with E-state index in [-0.39, 0.29) is 5.69 Å². The molecule has 7 nitrogen and oxygen atoms in total. The summed E-state index contributed by atoms with van der Waals surface area (Å²) in [4.78, 5) is 17.0. The minimum absolute atomic E-state index is 0.0571. The van der Waals surface area contributed by atoms with E-state index >= 15 is 0 Å². The molecule has 1 aliphatic rings. The van der Waals surface area contributed by atoms with Gasteiger partial charge in [0.2, 0.25) is 5.82 Å². The van der Waals surface area contributed by atoms with Gasteiger partial charge < -0.3 is 4.90 Å². The number of piperidine rings is 1. The van der Waals surface area contributed by atoms with Crippen molar-refractivity contribution in [2.45, 2.75) is 23.0 Å². The number of pyridine rings is 1. The summed E-state index contributed by atoms with van der Waals surface area (Å²) in [6.45, 7) is 0.824. The lowest BCUT2D eigenvalue weighted by molar-refractivity contribution is -0.384. The van der Waals surface area contributed by atoms with Gasteiger partial charge in [-0.1, -0.05) is 30.3 Å². The van der Waals surface area contributed by atoms with Crippen LogP contribution >= 0.6 is 0 Å². The van der Waals surface area contributed by atoms with Crippen LogP contribution in [0.5, 0.6) is 0 Å². The summed E-state index contributed by atoms with van der Waals surface area (Å²) >= 11 is 0. The smallest absolute Gasteiger partial charge is 0.311 e. The molecule has 1 fully saturated rings. The number of fused-ring (bicyclic) bond motifs is 1. The fourth-order valence-corrected chi connectivity index (χ4v) is 5.45. The quantitative estimate of drug-likeness (QED) is 0.493. The second kappa shape index (κ2) is 7.20. The van der Waals surface area contributed by atoms with Crippen molar-refractivity contribution in [3.8, 4) is 0 Å². The highest BCUT2D eigenvalue weighted by atomic mass is 32.2. The summed E-state index contributed by atoms with van der Waals surface area (Å²) in [5.74, 6) is 0.300. The van der Waals surface area contributed by atoms with Gasteiger partial charge in [0.05, 0.1) is 15.1 Å². The van der Waals surface area contributed by atoms with Gasteiger partial charge in [0, 0.05) is 25.4 Å². The van der Waals surface area contributed by atoms with E-state index in [9.17, 15) is 18.5 Å². The molecule has 0 bridgehead atoms. The average molecular weight is 397 g/mol. The molecule has 0 amide bonds. The molecule has 1 aliphatic heterocycles. The number of sulfone groups is 1. The molecule has 144 valence electrons. The van der Waals surface area contributed by atoms with Crippen LogP contribution in [0.25, 0.3) is 10.8 Å². The lowest BCUT2D eigenvalue weighted by Crippen LogP contribution is -2.40. The summed E-state index contributed by atoms with van der Waals surface area (Å²) in [6.07, 6.45) is 2.33. The molecule has 1 aromatic heterocycles. The van der Waals surface area contributed by atoms with Crippen LogP contribution in [0, 0.1) is 10.1 Å². The molecule has 0 saturated carbocycles. The average Bonchev–Trinajstić information content (AvgIpc) is 2.73. The van der Waals surface area contributed by atoms with Crippen molar-refractivity contribution in [2.75, 3.05) is 18.0 Å². The number of anilines is 1. The fourth-order valence-electron chi connectivity index (χ4n) is 3.69. The summed E-state index contributed by atoms with van der Waals surface area (Å²) in [7, 11) is -3.47. The highest BCUT2D eigenvalue weighted by Gasteiger charge is 2.33. The number of aromatic nitrogens is 1. The van der Waals surface area contributed by atoms with Crippen molar-refractivity contribution in [3.05, 3.63) is 70.9 Å². The summed E-state index contributed by atoms with van der Waals surface area (Å²) in [5, 5.41) is 12.6. The maximum absolute atomic E-state index is 13.1. The lowest BCUT2D eigenvalue weighted by Gasteiger charge is -2.32. The minimum atomic E-state index is -3.47. The van der Waals surface area contributed by atoms with E-state index in [0.29, 0.717) is 36.6 Å². The number of hydrogen-bond acceptors (Lipinski definition) is 6. The van der Waals surface area contributed by atoms with Gasteiger partial charge in [0.25, 0.3) is 0 Å². The molecule has 2 aromatic carbocycles. The highest BCUT2D eigenvalue weighted by Crippen LogP contribution is 2.31. The van der Waals surface area contributed by atoms with Crippen molar-refractivity contribution < 1.29 is 13.3 Å². The molecule has 2 heterocycles. The second-order valence-corrected chi connectivity index (χ2v) is 9.07. The van der Waals surface area contributed by atoms with E-state index in [0.717, 1.165) is 10.8 Å². The predicted octanol–water partition coefficient (Wildman–Crippen LogP) is 3.59. The zero-order valence-corrected chi connectivity index (χ0v) is 15.9. The lowest BCUT2D eigenvalue weighted by atomic mass is 10.1. The van der Waals surface area contributed by atoms with Crippen molar-refractivity contribution in [1.29, 1.82) is 0 Å². The fraction of sp³-hybridized carbons (Fsp3) is 0.250. The molecule has 0 unspecified atom stereocenters. The molecule has 0 N–H and O–H groups in total. The molecular weight excluding hydrogens is 378 g/mol. The monoisotopic (exact) mass is 397 g/mol. The van der Waals surface area contributed by atoms with Crippen LogP contribution < -0.4 is 4.90 Å². The Morgan fingerprint density at radius 2 is 1.71 bits per heavy atom. The highest BCUT2D eigenvalue weighted by molar-refractivity contribution is 7.92. The number of hydrogen-bond donors (Lipinski definition) is 0. The van der Waals surface area contributed by atoms with Gasteiger partial charge in [-0.2, -0.15) is 0 Å². The third-order valence-electron chi connectivity index (χ3n) is 5.19. The van der Waals surface area contributed by atoms with Gasteiger partial charge in [-0.25, -0.2) is 13.4 Å². The first kappa shape index (κ1) is 18.4. The molecular formula is C20H19N3O4S. The van der Waals surface area contributed by atoms with Crippen LogP contribution in [-0.4, -0.2) is 36.7 Å². The topological polar surface area (TPSA) is 93.4 Å². The maximum Gasteiger partial charge on any atom is 0.311 e. The van der Waals surface area contributed by atoms with E-state index in [2.05, 4.69) is 4.98 Å². The largest absolute Gasteiger partial charge is 0.351 e. The Balaban J connectivity index is 1.55. The van der Waals surface area contributed by atoms with Gasteiger partial charge in [0.1, 0.15) is 0 Å². The van der Waals surface area contributed by atoms with Crippen LogP contribution in [-0.2, 0) is 9.84 Å². The predicted molar refractivity (Wildman–Crippen MR) is 107 cm³/mol. The Bertz CT molecular complexity index is 1140. The van der Waals surface area contributed by atoms with E-state index < -0.39 is 20.0 Å². The molecule has 28 heavy (non-hydrogen) atoms. The van der Waals surface area contributed by atoms with Crippen LogP contribution in [0.2, 0.25) is 0 Å². The molecule has 4 rings (SSSR count). The standard InChI is InChI=1S/C20H19N3O4S/c24-23(25)19-6-3-11-21-20(19)22-12-9-17(10-13-22)28(26,27)18-8-7-15-4-1-2-5-16(15)14-18/h1-8,11,14,17H,9-10,12-13H2. The Labute approximate surface area is 162 Å². The summed E-state index contributed by atoms with van der Waals surface area (Å²) < 4.78 is 26.2. The molecule has 3 aromatic rings. The Morgan fingerprint density at radius 3 is 2.43 bits per heavy atom. The number of nitrogens with zero attached hydrogens (tertiary/aromatic N) is 3. The number of benzene rings is 2. The summed E-state index contributed by atoms with van der Waals surface area (Å²) in [5.41, 5.74) is -0.0571. The van der Waals surface area contributed by atoms with Crippen molar-refractivity contribution in [3.63, 3.8) is 0 Å². The third-order valence-corrected chi connectivity index (χ3v) is 7.45. The molecule has 0 aliphatic carbocycles. The van der Waals surface area contributed by atoms with Crippen molar-refractivity contribution in [2.24, 2.45) is 0 Å². The Kier molecular flexibility index (Phi) is 4.72. The maximum atomic E-state index is 13.1. The van der Waals surface area contributed by atoms with E-state index in [4.69, 9.17) is 0 Å². The number of nitro groups is 1. The molecule has 1 saturated heterocycles. The van der Waals surface area contributed by atoms with Gasteiger partial charge in [-0.15, -0.1) is 0 Å². The van der Waals surface area contributed by atoms with Gasteiger partial charge in [-0.05, 0) is 41.8 Å². The van der Waals surface area contributed by atoms with Gasteiger partial charge in [-0.3, -0.25) is 10.1 Å². The first-order valence-corrected chi connectivity index (χ1v) is 10.6. The van der Waals surface area contributed by atoms with Gasteiger partial charge >= 0.3 is 5.69 Å². The van der Waals surface area contributed by atoms with E-state index in [1.807, 2.05) is 30.3 Å². The molecule has 0 radical (unpaired) electrons. The van der Waals surface area contributed by atoms with E-state index in [1.165, 1.54) is 18.3 Å². The first-order chi connectivity index (χ1) is 13.5. The van der Waals surface area contributed by atoms with Gasteiger partial charge in [0.15, 0.2) is 9.84 Å². The Morgan fingerprint density at radius 1 is 1.00 bits per heavy atom. The van der Waals surface area contributed by atoms with Crippen LogP contribution in [0.3, 0.4) is 0 Å². The molecule has 8 heteroatoms. The zero-order chi connectivity index (χ0) is 19.7. The van der Waals surface area contributed by atoms with Crippen molar-refractivity contribution in [1.82, 2.24) is 4.98 Å². The second-order valence-electron chi connectivity index (χ2n) is 6.84. The van der Waals surface area contributed by atoms with Crippen LogP contribution in [0.1, 0.15) is 12.8 Å². The molecule has 0 atom stereocenters. The van der Waals surface area contributed by atoms with Crippen LogP contribution in [0.4, 0.5) is 11.5 Å². The van der Waals surface area contributed by atoms with E-state index in [1.54, 1.807) is 17.0 Å². The SMILES string of the molecule is O=[N+]([O-])c1cccnc1N1CCC(S(=O)(=O)c2ccc3ccccc3c2)CC1. The first-order valence-electron chi connectivity index (χ1n) is 9.04. The van der Waals surface area contributed by atoms with Crippen molar-refractivity contribution >= 4 is 32.1 Å². The normalized spacial score (nSPS) is 15.6. The Hall–Kier alpha value is -3.00. The summed E-state index contributed by atoms with van der Waals surface area (Å²) in [6, 6.07) is 15.8. The van der Waals surface area contributed by atoms with Crippen LogP contribution in [0.15, 0.2) is 65.7 Å². The minimum Gasteiger partial charge on any atom is -0.351 e.